The van der Waals surface area contributed by atoms with Crippen LogP contribution in [0.5, 0.6) is 5.75 Å². The van der Waals surface area contributed by atoms with Gasteiger partial charge in [0.1, 0.15) is 11.8 Å². The molecule has 1 aliphatic heterocycles. The fourth-order valence-corrected chi connectivity index (χ4v) is 2.93. The van der Waals surface area contributed by atoms with E-state index in [1.807, 2.05) is 30.3 Å². The summed E-state index contributed by atoms with van der Waals surface area (Å²) >= 11 is 0. The molecule has 1 fully saturated rings. The van der Waals surface area contributed by atoms with E-state index in [4.69, 9.17) is 9.15 Å². The Balaban J connectivity index is 1.84. The minimum Gasteiger partial charge on any atom is -0.496 e. The Bertz CT molecular complexity index is 750. The third-order valence-corrected chi connectivity index (χ3v) is 4.17. The molecule has 5 nitrogen and oxygen atoms in total. The van der Waals surface area contributed by atoms with Crippen molar-refractivity contribution >= 4 is 18.0 Å². The summed E-state index contributed by atoms with van der Waals surface area (Å²) in [7, 11) is 1.64. The van der Waals surface area contributed by atoms with Gasteiger partial charge in [-0.05, 0) is 25.0 Å². The van der Waals surface area contributed by atoms with Gasteiger partial charge in [-0.25, -0.2) is 0 Å². The molecule has 0 radical (unpaired) electrons. The first kappa shape index (κ1) is 16.1. The number of hydrogen-bond donors (Lipinski definition) is 0. The van der Waals surface area contributed by atoms with E-state index in [2.05, 4.69) is 16.0 Å². The molecule has 1 saturated heterocycles. The van der Waals surface area contributed by atoms with Crippen LogP contribution in [0.25, 0.3) is 12.2 Å². The molecule has 124 valence electrons. The van der Waals surface area contributed by atoms with Gasteiger partial charge < -0.3 is 14.1 Å². The van der Waals surface area contributed by atoms with Crippen LogP contribution in [0, 0.1) is 11.3 Å². The largest absolute Gasteiger partial charge is 0.496 e. The van der Waals surface area contributed by atoms with Crippen LogP contribution in [-0.4, -0.2) is 25.2 Å². The van der Waals surface area contributed by atoms with Crippen LogP contribution in [-0.2, 0) is 0 Å². The van der Waals surface area contributed by atoms with Crippen molar-refractivity contribution in [2.75, 3.05) is 25.1 Å². The summed E-state index contributed by atoms with van der Waals surface area (Å²) in [6.45, 7) is 1.83. The van der Waals surface area contributed by atoms with Crippen molar-refractivity contribution in [3.8, 4) is 11.8 Å². The summed E-state index contributed by atoms with van der Waals surface area (Å²) in [6, 6.07) is 9.88. The summed E-state index contributed by atoms with van der Waals surface area (Å²) in [6.07, 6.45) is 8.37. The standard InChI is InChI=1S/C19H21N3O2/c1-23-17-9-5-4-8-15(17)10-11-18-21-16(14-20)19(24-18)22-12-6-2-3-7-13-22/h4-5,8-11H,2-3,6-7,12-13H2,1H3/b11-10+. The molecule has 0 unspecified atom stereocenters. The smallest absolute Gasteiger partial charge is 0.235 e. The van der Waals surface area contributed by atoms with E-state index in [-0.39, 0.29) is 0 Å². The molecule has 0 amide bonds. The lowest BCUT2D eigenvalue weighted by Gasteiger charge is -2.18. The summed E-state index contributed by atoms with van der Waals surface area (Å²) in [5.41, 5.74) is 1.30. The van der Waals surface area contributed by atoms with E-state index >= 15 is 0 Å². The highest BCUT2D eigenvalue weighted by atomic mass is 16.5. The van der Waals surface area contributed by atoms with E-state index in [9.17, 15) is 5.26 Å². The zero-order chi connectivity index (χ0) is 16.8. The summed E-state index contributed by atoms with van der Waals surface area (Å²) in [4.78, 5) is 6.45. The predicted molar refractivity (Wildman–Crippen MR) is 93.8 cm³/mol. The van der Waals surface area contributed by atoms with Crippen molar-refractivity contribution in [1.82, 2.24) is 4.98 Å². The zero-order valence-corrected chi connectivity index (χ0v) is 13.9. The maximum atomic E-state index is 9.36. The second kappa shape index (κ2) is 7.69. The van der Waals surface area contributed by atoms with Gasteiger partial charge in [0, 0.05) is 24.7 Å². The average Bonchev–Trinajstić information content (AvgIpc) is 2.85. The monoisotopic (exact) mass is 323 g/mol. The number of rotatable bonds is 4. The molecule has 0 aliphatic carbocycles. The molecule has 0 spiro atoms. The molecule has 2 aromatic rings. The quantitative estimate of drug-likeness (QED) is 0.847. The average molecular weight is 323 g/mol. The molecule has 24 heavy (non-hydrogen) atoms. The van der Waals surface area contributed by atoms with Crippen molar-refractivity contribution in [2.45, 2.75) is 25.7 Å². The topological polar surface area (TPSA) is 62.3 Å². The van der Waals surface area contributed by atoms with Gasteiger partial charge in [0.15, 0.2) is 0 Å². The predicted octanol–water partition coefficient (Wildman–Crippen LogP) is 4.11. The third-order valence-electron chi connectivity index (χ3n) is 4.17. The number of anilines is 1. The lowest BCUT2D eigenvalue weighted by molar-refractivity contribution is 0.414. The number of aromatic nitrogens is 1. The van der Waals surface area contributed by atoms with E-state index in [1.54, 1.807) is 13.2 Å². The highest BCUT2D eigenvalue weighted by molar-refractivity contribution is 5.70. The highest BCUT2D eigenvalue weighted by Gasteiger charge is 2.19. The van der Waals surface area contributed by atoms with E-state index in [1.165, 1.54) is 12.8 Å². The highest BCUT2D eigenvalue weighted by Crippen LogP contribution is 2.26. The van der Waals surface area contributed by atoms with Gasteiger partial charge in [-0.1, -0.05) is 31.0 Å². The van der Waals surface area contributed by atoms with Crippen LogP contribution in [0.2, 0.25) is 0 Å². The van der Waals surface area contributed by atoms with Gasteiger partial charge in [-0.2, -0.15) is 10.2 Å². The number of hydrogen-bond acceptors (Lipinski definition) is 5. The van der Waals surface area contributed by atoms with Crippen molar-refractivity contribution in [3.63, 3.8) is 0 Å². The molecular weight excluding hydrogens is 302 g/mol. The number of nitriles is 1. The maximum absolute atomic E-state index is 9.36. The number of methoxy groups -OCH3 is 1. The number of ether oxygens (including phenoxy) is 1. The molecule has 1 aliphatic rings. The molecule has 0 N–H and O–H groups in total. The van der Waals surface area contributed by atoms with Crippen molar-refractivity contribution in [3.05, 3.63) is 41.4 Å². The summed E-state index contributed by atoms with van der Waals surface area (Å²) in [5, 5.41) is 9.36. The molecule has 2 heterocycles. The molecule has 0 bridgehead atoms. The second-order valence-electron chi connectivity index (χ2n) is 5.79. The molecule has 1 aromatic carbocycles. The SMILES string of the molecule is COc1ccccc1/C=C/c1nc(C#N)c(N2CCCCCC2)o1. The summed E-state index contributed by atoms with van der Waals surface area (Å²) in [5.74, 6) is 1.82. The minimum atomic E-state index is 0.358. The number of para-hydroxylation sites is 1. The van der Waals surface area contributed by atoms with Gasteiger partial charge in [0.05, 0.1) is 7.11 Å². The molecular formula is C19H21N3O2. The first-order chi connectivity index (χ1) is 11.8. The Labute approximate surface area is 142 Å². The Morgan fingerprint density at radius 1 is 1.17 bits per heavy atom. The lowest BCUT2D eigenvalue weighted by atomic mass is 10.2. The van der Waals surface area contributed by atoms with Crippen LogP contribution in [0.3, 0.4) is 0 Å². The van der Waals surface area contributed by atoms with Crippen molar-refractivity contribution in [2.24, 2.45) is 0 Å². The molecule has 1 aromatic heterocycles. The lowest BCUT2D eigenvalue weighted by Crippen LogP contribution is -2.24. The van der Waals surface area contributed by atoms with Crippen LogP contribution in [0.4, 0.5) is 5.88 Å². The van der Waals surface area contributed by atoms with Crippen molar-refractivity contribution < 1.29 is 9.15 Å². The Morgan fingerprint density at radius 2 is 1.92 bits per heavy atom. The molecule has 0 saturated carbocycles. The first-order valence-electron chi connectivity index (χ1n) is 8.29. The van der Waals surface area contributed by atoms with Crippen molar-refractivity contribution in [1.29, 1.82) is 5.26 Å². The number of nitrogens with zero attached hydrogens (tertiary/aromatic N) is 3. The Kier molecular flexibility index (Phi) is 5.17. The summed E-state index contributed by atoms with van der Waals surface area (Å²) < 4.78 is 11.2. The van der Waals surface area contributed by atoms with Gasteiger partial charge >= 0.3 is 0 Å². The fourth-order valence-electron chi connectivity index (χ4n) is 2.93. The van der Waals surface area contributed by atoms with Crippen LogP contribution < -0.4 is 9.64 Å². The van der Waals surface area contributed by atoms with Crippen LogP contribution in [0.15, 0.2) is 28.7 Å². The van der Waals surface area contributed by atoms with Gasteiger partial charge in [0.25, 0.3) is 0 Å². The maximum Gasteiger partial charge on any atom is 0.235 e. The van der Waals surface area contributed by atoms with Gasteiger partial charge in [-0.15, -0.1) is 0 Å². The third kappa shape index (κ3) is 3.60. The minimum absolute atomic E-state index is 0.358. The Hall–Kier alpha value is -2.74. The number of oxazole rings is 1. The van der Waals surface area contributed by atoms with E-state index in [0.717, 1.165) is 37.2 Å². The zero-order valence-electron chi connectivity index (χ0n) is 13.9. The van der Waals surface area contributed by atoms with Crippen LogP contribution in [0.1, 0.15) is 42.8 Å². The molecule has 5 heteroatoms. The molecule has 3 rings (SSSR count). The van der Waals surface area contributed by atoms with Gasteiger partial charge in [0.2, 0.25) is 17.5 Å². The fraction of sp³-hybridized carbons (Fsp3) is 0.368. The normalized spacial score (nSPS) is 15.2. The van der Waals surface area contributed by atoms with Crippen LogP contribution >= 0.6 is 0 Å². The Morgan fingerprint density at radius 3 is 2.62 bits per heavy atom. The molecule has 0 atom stereocenters. The van der Waals surface area contributed by atoms with Gasteiger partial charge in [-0.3, -0.25) is 0 Å². The van der Waals surface area contributed by atoms with E-state index < -0.39 is 0 Å². The first-order valence-corrected chi connectivity index (χ1v) is 8.29. The number of benzene rings is 1. The van der Waals surface area contributed by atoms with E-state index in [0.29, 0.717) is 17.5 Å². The second-order valence-corrected chi connectivity index (χ2v) is 5.79.